The van der Waals surface area contributed by atoms with Crippen LogP contribution in [-0.4, -0.2) is 37.3 Å². The third-order valence-electron chi connectivity index (χ3n) is 1.84. The molecule has 1 rings (SSSR count). The summed E-state index contributed by atoms with van der Waals surface area (Å²) in [5, 5.41) is 4.62. The van der Waals surface area contributed by atoms with E-state index in [4.69, 9.17) is 5.73 Å². The van der Waals surface area contributed by atoms with Gasteiger partial charge >= 0.3 is 6.18 Å². The maximum Gasteiger partial charge on any atom is 0.405 e. The van der Waals surface area contributed by atoms with Crippen molar-refractivity contribution in [2.45, 2.75) is 18.3 Å². The number of carbonyl (C=O) groups is 1. The van der Waals surface area contributed by atoms with Crippen LogP contribution in [0.5, 0.6) is 0 Å². The Bertz CT molecular complexity index is 206. The van der Waals surface area contributed by atoms with Gasteiger partial charge in [0, 0.05) is 13.1 Å². The van der Waals surface area contributed by atoms with Crippen LogP contribution in [0.3, 0.4) is 0 Å². The molecule has 4 nitrogen and oxygen atoms in total. The molecule has 1 aliphatic heterocycles. The molecule has 1 saturated heterocycles. The van der Waals surface area contributed by atoms with Gasteiger partial charge in [-0.1, -0.05) is 0 Å². The van der Waals surface area contributed by atoms with Crippen molar-refractivity contribution in [1.29, 1.82) is 0 Å². The molecule has 0 saturated carbocycles. The zero-order valence-corrected chi connectivity index (χ0v) is 6.69. The number of nitrogens with one attached hydrogen (secondary N) is 2. The Morgan fingerprint density at radius 2 is 2.00 bits per heavy atom. The largest absolute Gasteiger partial charge is 0.405 e. The highest BCUT2D eigenvalue weighted by Crippen LogP contribution is 2.21. The molecule has 0 spiro atoms. The summed E-state index contributed by atoms with van der Waals surface area (Å²) in [5.41, 5.74) is 4.86. The fourth-order valence-corrected chi connectivity index (χ4v) is 1.13. The zero-order valence-electron chi connectivity index (χ0n) is 6.69. The summed E-state index contributed by atoms with van der Waals surface area (Å²) in [6.45, 7) is -0.0881. The van der Waals surface area contributed by atoms with Gasteiger partial charge in [0.05, 0.1) is 6.04 Å². The summed E-state index contributed by atoms with van der Waals surface area (Å²) < 4.78 is 36.4. The molecule has 7 heteroatoms. The summed E-state index contributed by atoms with van der Waals surface area (Å²) in [5.74, 6) is -0.776. The van der Waals surface area contributed by atoms with E-state index in [0.717, 1.165) is 0 Å². The number of hydrogen-bond acceptors (Lipinski definition) is 3. The van der Waals surface area contributed by atoms with Crippen LogP contribution in [0.25, 0.3) is 0 Å². The molecule has 1 fully saturated rings. The first-order valence-corrected chi connectivity index (χ1v) is 3.74. The van der Waals surface area contributed by atoms with Crippen LogP contribution in [0, 0.1) is 0 Å². The van der Waals surface area contributed by atoms with Gasteiger partial charge in [-0.2, -0.15) is 13.2 Å². The fourth-order valence-electron chi connectivity index (χ4n) is 1.13. The van der Waals surface area contributed by atoms with Crippen molar-refractivity contribution in [2.75, 3.05) is 13.1 Å². The predicted molar refractivity (Wildman–Crippen MR) is 38.8 cm³/mol. The van der Waals surface area contributed by atoms with Crippen molar-refractivity contribution >= 4 is 5.91 Å². The molecular weight excluding hydrogens is 187 g/mol. The van der Waals surface area contributed by atoms with E-state index in [-0.39, 0.29) is 13.1 Å². The van der Waals surface area contributed by atoms with Crippen molar-refractivity contribution in [2.24, 2.45) is 5.73 Å². The van der Waals surface area contributed by atoms with Crippen LogP contribution in [0.2, 0.25) is 0 Å². The molecule has 0 bridgehead atoms. The molecule has 0 aromatic rings. The molecule has 2 unspecified atom stereocenters. The lowest BCUT2D eigenvalue weighted by molar-refractivity contribution is -0.160. The quantitative estimate of drug-likeness (QED) is 0.503. The summed E-state index contributed by atoms with van der Waals surface area (Å²) in [6.07, 6.45) is -4.35. The van der Waals surface area contributed by atoms with Gasteiger partial charge in [-0.05, 0) is 0 Å². The minimum absolute atomic E-state index is 0.141. The van der Waals surface area contributed by atoms with Gasteiger partial charge in [-0.3, -0.25) is 10.1 Å². The second-order valence-corrected chi connectivity index (χ2v) is 2.87. The van der Waals surface area contributed by atoms with Gasteiger partial charge in [0.1, 0.15) is 6.04 Å². The molecular formula is C6H10F3N3O. The first kappa shape index (κ1) is 10.3. The highest BCUT2D eigenvalue weighted by atomic mass is 19.4. The van der Waals surface area contributed by atoms with E-state index < -0.39 is 24.2 Å². The lowest BCUT2D eigenvalue weighted by atomic mass is 10.1. The third kappa shape index (κ3) is 2.56. The van der Waals surface area contributed by atoms with Gasteiger partial charge in [-0.25, -0.2) is 0 Å². The molecule has 1 heterocycles. The van der Waals surface area contributed by atoms with Gasteiger partial charge in [0.25, 0.3) is 0 Å². The van der Waals surface area contributed by atoms with Crippen molar-refractivity contribution < 1.29 is 18.0 Å². The van der Waals surface area contributed by atoms with E-state index in [0.29, 0.717) is 0 Å². The normalized spacial score (nSPS) is 30.1. The van der Waals surface area contributed by atoms with Crippen LogP contribution in [-0.2, 0) is 4.79 Å². The molecule has 0 aromatic carbocycles. The summed E-state index contributed by atoms with van der Waals surface area (Å²) in [6, 6.07) is -2.64. The van der Waals surface area contributed by atoms with Crippen LogP contribution in [0.1, 0.15) is 0 Å². The van der Waals surface area contributed by atoms with E-state index in [9.17, 15) is 18.0 Å². The van der Waals surface area contributed by atoms with Crippen molar-refractivity contribution in [1.82, 2.24) is 10.6 Å². The average Bonchev–Trinajstić information content (AvgIpc) is 2.03. The molecule has 4 N–H and O–H groups in total. The highest BCUT2D eigenvalue weighted by molar-refractivity contribution is 5.80. The number of nitrogens with two attached hydrogens (primary N) is 1. The first-order chi connectivity index (χ1) is 5.91. The Kier molecular flexibility index (Phi) is 2.77. The molecule has 0 aliphatic carbocycles. The molecule has 1 amide bonds. The number of piperazine rings is 1. The number of halogens is 3. The molecule has 76 valence electrons. The van der Waals surface area contributed by atoms with E-state index >= 15 is 0 Å². The second kappa shape index (κ2) is 3.51. The summed E-state index contributed by atoms with van der Waals surface area (Å²) in [4.78, 5) is 10.6. The van der Waals surface area contributed by atoms with E-state index in [1.807, 2.05) is 0 Å². The number of alkyl halides is 3. The highest BCUT2D eigenvalue weighted by Gasteiger charge is 2.43. The Labute approximate surface area is 72.7 Å². The van der Waals surface area contributed by atoms with Gasteiger partial charge in [-0.15, -0.1) is 0 Å². The maximum atomic E-state index is 12.1. The number of hydrogen-bond donors (Lipinski definition) is 3. The van der Waals surface area contributed by atoms with E-state index in [2.05, 4.69) is 10.6 Å². The Morgan fingerprint density at radius 1 is 1.38 bits per heavy atom. The van der Waals surface area contributed by atoms with Crippen molar-refractivity contribution in [3.63, 3.8) is 0 Å². The maximum absolute atomic E-state index is 12.1. The third-order valence-corrected chi connectivity index (χ3v) is 1.84. The fraction of sp³-hybridized carbons (Fsp3) is 0.833. The lowest BCUT2D eigenvalue weighted by Gasteiger charge is -2.31. The molecule has 13 heavy (non-hydrogen) atoms. The standard InChI is InChI=1S/C6H10F3N3O/c7-6(8,9)4-2-11-1-3(12-4)5(10)13/h3-4,11-12H,1-2H2,(H2,10,13). The number of carbonyl (C=O) groups excluding carboxylic acids is 1. The molecule has 2 atom stereocenters. The Balaban J connectivity index is 2.57. The van der Waals surface area contributed by atoms with Crippen molar-refractivity contribution in [3.8, 4) is 0 Å². The van der Waals surface area contributed by atoms with Crippen LogP contribution in [0.15, 0.2) is 0 Å². The number of rotatable bonds is 1. The average molecular weight is 197 g/mol. The topological polar surface area (TPSA) is 67.2 Å². The Hall–Kier alpha value is -0.820. The predicted octanol–water partition coefficient (Wildman–Crippen LogP) is -1.04. The first-order valence-electron chi connectivity index (χ1n) is 3.74. The SMILES string of the molecule is NC(=O)C1CNCC(C(F)(F)F)N1. The number of primary amides is 1. The number of amides is 1. The monoisotopic (exact) mass is 197 g/mol. The Morgan fingerprint density at radius 3 is 2.46 bits per heavy atom. The minimum Gasteiger partial charge on any atom is -0.368 e. The van der Waals surface area contributed by atoms with Gasteiger partial charge in [0.15, 0.2) is 0 Å². The lowest BCUT2D eigenvalue weighted by Crippen LogP contribution is -2.63. The minimum atomic E-state index is -4.35. The molecule has 1 aliphatic rings. The van der Waals surface area contributed by atoms with Crippen LogP contribution >= 0.6 is 0 Å². The van der Waals surface area contributed by atoms with Crippen LogP contribution in [0.4, 0.5) is 13.2 Å². The van der Waals surface area contributed by atoms with Crippen molar-refractivity contribution in [3.05, 3.63) is 0 Å². The van der Waals surface area contributed by atoms with E-state index in [1.54, 1.807) is 0 Å². The molecule has 0 radical (unpaired) electrons. The van der Waals surface area contributed by atoms with Gasteiger partial charge < -0.3 is 11.1 Å². The van der Waals surface area contributed by atoms with E-state index in [1.165, 1.54) is 0 Å². The van der Waals surface area contributed by atoms with Gasteiger partial charge in [0.2, 0.25) is 5.91 Å². The summed E-state index contributed by atoms with van der Waals surface area (Å²) in [7, 11) is 0. The second-order valence-electron chi connectivity index (χ2n) is 2.87. The smallest absolute Gasteiger partial charge is 0.368 e. The summed E-state index contributed by atoms with van der Waals surface area (Å²) >= 11 is 0. The molecule has 0 aromatic heterocycles. The van der Waals surface area contributed by atoms with Crippen LogP contribution < -0.4 is 16.4 Å². The zero-order chi connectivity index (χ0) is 10.1.